The summed E-state index contributed by atoms with van der Waals surface area (Å²) in [4.78, 5) is 0. The van der Waals surface area contributed by atoms with Gasteiger partial charge in [0.25, 0.3) is 0 Å². The van der Waals surface area contributed by atoms with Gasteiger partial charge in [-0.2, -0.15) is 0 Å². The van der Waals surface area contributed by atoms with Crippen LogP contribution in [-0.2, 0) is 5.41 Å². The van der Waals surface area contributed by atoms with Crippen molar-refractivity contribution in [3.05, 3.63) is 29.8 Å². The maximum absolute atomic E-state index is 6.11. The number of anilines is 1. The highest BCUT2D eigenvalue weighted by Crippen LogP contribution is 2.92. The molecule has 118 valence electrons. The van der Waals surface area contributed by atoms with Crippen LogP contribution in [0.5, 0.6) is 0 Å². The van der Waals surface area contributed by atoms with Crippen LogP contribution in [0.15, 0.2) is 24.3 Å². The van der Waals surface area contributed by atoms with Crippen LogP contribution in [0.1, 0.15) is 45.6 Å². The molecule has 0 aliphatic heterocycles. The fourth-order valence-corrected chi connectivity index (χ4v) is 6.96. The van der Waals surface area contributed by atoms with Crippen LogP contribution < -0.4 is 11.1 Å². The third kappa shape index (κ3) is 1.22. The van der Waals surface area contributed by atoms with Crippen LogP contribution in [0.3, 0.4) is 0 Å². The lowest BCUT2D eigenvalue weighted by Crippen LogP contribution is -2.92. The van der Waals surface area contributed by atoms with E-state index >= 15 is 0 Å². The maximum atomic E-state index is 6.11. The van der Waals surface area contributed by atoms with Crippen LogP contribution in [-0.4, -0.2) is 12.6 Å². The molecule has 1 aromatic carbocycles. The SMILES string of the molecule is CC(C)(C)c1ccc(NC2C3CC4CC5(CN)CC2C435)cc1. The van der Waals surface area contributed by atoms with Gasteiger partial charge in [0.1, 0.15) is 0 Å². The monoisotopic (exact) mass is 296 g/mol. The van der Waals surface area contributed by atoms with E-state index < -0.39 is 0 Å². The van der Waals surface area contributed by atoms with Gasteiger partial charge >= 0.3 is 0 Å². The molecule has 0 saturated heterocycles. The Balaban J connectivity index is 1.31. The van der Waals surface area contributed by atoms with E-state index in [-0.39, 0.29) is 5.41 Å². The zero-order valence-electron chi connectivity index (χ0n) is 14.0. The van der Waals surface area contributed by atoms with Gasteiger partial charge in [0.15, 0.2) is 0 Å². The number of nitrogens with two attached hydrogens (primary N) is 1. The lowest BCUT2D eigenvalue weighted by Gasteiger charge is -2.93. The predicted molar refractivity (Wildman–Crippen MR) is 90.8 cm³/mol. The molecular weight excluding hydrogens is 268 g/mol. The summed E-state index contributed by atoms with van der Waals surface area (Å²) in [7, 11) is 0. The number of rotatable bonds is 3. The molecule has 22 heavy (non-hydrogen) atoms. The minimum Gasteiger partial charge on any atom is -0.382 e. The Morgan fingerprint density at radius 1 is 1.14 bits per heavy atom. The van der Waals surface area contributed by atoms with E-state index in [4.69, 9.17) is 5.73 Å². The van der Waals surface area contributed by atoms with Crippen molar-refractivity contribution in [1.82, 2.24) is 0 Å². The van der Waals surface area contributed by atoms with Crippen LogP contribution in [0.25, 0.3) is 0 Å². The molecule has 4 saturated carbocycles. The molecule has 2 heteroatoms. The first kappa shape index (κ1) is 13.4. The van der Waals surface area contributed by atoms with Gasteiger partial charge in [-0.3, -0.25) is 0 Å². The number of benzene rings is 1. The largest absolute Gasteiger partial charge is 0.382 e. The zero-order valence-corrected chi connectivity index (χ0v) is 14.0. The minimum atomic E-state index is 0.237. The molecule has 6 unspecified atom stereocenters. The summed E-state index contributed by atoms with van der Waals surface area (Å²) in [5.41, 5.74) is 10.3. The van der Waals surface area contributed by atoms with Crippen molar-refractivity contribution < 1.29 is 0 Å². The lowest BCUT2D eigenvalue weighted by molar-refractivity contribution is -0.432. The molecule has 6 atom stereocenters. The van der Waals surface area contributed by atoms with Crippen molar-refractivity contribution >= 4 is 5.69 Å². The van der Waals surface area contributed by atoms with Crippen molar-refractivity contribution in [3.63, 3.8) is 0 Å². The Morgan fingerprint density at radius 3 is 2.41 bits per heavy atom. The Bertz CT molecular complexity index is 620. The summed E-state index contributed by atoms with van der Waals surface area (Å²) in [6.45, 7) is 7.76. The van der Waals surface area contributed by atoms with Crippen molar-refractivity contribution in [3.8, 4) is 0 Å². The molecule has 4 aliphatic carbocycles. The summed E-state index contributed by atoms with van der Waals surface area (Å²) in [5, 5.41) is 3.86. The first-order valence-corrected chi connectivity index (χ1v) is 8.99. The molecule has 5 rings (SSSR count). The molecule has 3 N–H and O–H groups in total. The summed E-state index contributed by atoms with van der Waals surface area (Å²) >= 11 is 0. The van der Waals surface area contributed by atoms with Crippen molar-refractivity contribution in [1.29, 1.82) is 0 Å². The van der Waals surface area contributed by atoms with Crippen LogP contribution >= 0.6 is 0 Å². The number of hydrogen-bond acceptors (Lipinski definition) is 2. The van der Waals surface area contributed by atoms with E-state index in [1.165, 1.54) is 30.5 Å². The zero-order chi connectivity index (χ0) is 15.3. The second-order valence-electron chi connectivity index (χ2n) is 9.47. The Labute approximate surface area is 133 Å². The van der Waals surface area contributed by atoms with Gasteiger partial charge in [-0.15, -0.1) is 0 Å². The first-order valence-electron chi connectivity index (χ1n) is 8.99. The van der Waals surface area contributed by atoms with Gasteiger partial charge in [-0.05, 0) is 77.5 Å². The normalized spacial score (nSPS) is 47.1. The van der Waals surface area contributed by atoms with E-state index in [9.17, 15) is 0 Å². The Hall–Kier alpha value is -1.02. The second kappa shape index (κ2) is 3.72. The van der Waals surface area contributed by atoms with E-state index in [2.05, 4.69) is 50.4 Å². The molecule has 0 bridgehead atoms. The smallest absolute Gasteiger partial charge is 0.0342 e. The average Bonchev–Trinajstić information content (AvgIpc) is 2.41. The number of hydrogen-bond donors (Lipinski definition) is 2. The van der Waals surface area contributed by atoms with Crippen molar-refractivity contribution in [2.45, 2.75) is 51.5 Å². The fraction of sp³-hybridized carbons (Fsp3) is 0.700. The molecular formula is C20H28N2. The van der Waals surface area contributed by atoms with E-state index in [1.54, 1.807) is 0 Å². The molecule has 4 fully saturated rings. The number of nitrogens with one attached hydrogen (secondary N) is 1. The maximum Gasteiger partial charge on any atom is 0.0342 e. The molecule has 0 radical (unpaired) electrons. The van der Waals surface area contributed by atoms with E-state index in [1.807, 2.05) is 0 Å². The fourth-order valence-electron chi connectivity index (χ4n) is 6.96. The minimum absolute atomic E-state index is 0.237. The Kier molecular flexibility index (Phi) is 2.27. The molecule has 0 aromatic heterocycles. The molecule has 1 aromatic rings. The van der Waals surface area contributed by atoms with Gasteiger partial charge < -0.3 is 11.1 Å². The first-order chi connectivity index (χ1) is 10.4. The quantitative estimate of drug-likeness (QED) is 0.891. The lowest BCUT2D eigenvalue weighted by atomic mass is 9.12. The third-order valence-corrected chi connectivity index (χ3v) is 7.95. The van der Waals surface area contributed by atoms with Gasteiger partial charge in [0.05, 0.1) is 0 Å². The molecule has 2 nitrogen and oxygen atoms in total. The summed E-state index contributed by atoms with van der Waals surface area (Å²) in [6.07, 6.45) is 4.27. The van der Waals surface area contributed by atoms with Gasteiger partial charge in [-0.25, -0.2) is 0 Å². The summed E-state index contributed by atoms with van der Waals surface area (Å²) < 4.78 is 0. The molecule has 0 amide bonds. The average molecular weight is 296 g/mol. The highest BCUT2D eigenvalue weighted by Gasteiger charge is 2.90. The predicted octanol–water partition coefficient (Wildman–Crippen LogP) is 3.77. The van der Waals surface area contributed by atoms with E-state index in [0.29, 0.717) is 10.8 Å². The highest BCUT2D eigenvalue weighted by atomic mass is 15.1. The highest BCUT2D eigenvalue weighted by molar-refractivity contribution is 5.51. The van der Waals surface area contributed by atoms with Crippen LogP contribution in [0.4, 0.5) is 5.69 Å². The summed E-state index contributed by atoms with van der Waals surface area (Å²) in [5.74, 6) is 2.85. The van der Waals surface area contributed by atoms with Gasteiger partial charge in [0.2, 0.25) is 0 Å². The van der Waals surface area contributed by atoms with Gasteiger partial charge in [-0.1, -0.05) is 32.9 Å². The third-order valence-electron chi connectivity index (χ3n) is 7.95. The standard InChI is InChI=1S/C20H28N2/c1-18(2,3)12-4-6-14(7-5-12)22-17-15-8-13-9-19(11-21)10-16(17)20(13,15)19/h4-7,13,15-17,22H,8-11,21H2,1-3H3. The molecule has 4 aliphatic rings. The summed E-state index contributed by atoms with van der Waals surface area (Å²) in [6, 6.07) is 9.84. The second-order valence-corrected chi connectivity index (χ2v) is 9.47. The van der Waals surface area contributed by atoms with Crippen LogP contribution in [0.2, 0.25) is 0 Å². The van der Waals surface area contributed by atoms with Crippen LogP contribution in [0, 0.1) is 28.6 Å². The van der Waals surface area contributed by atoms with Crippen molar-refractivity contribution in [2.24, 2.45) is 34.3 Å². The van der Waals surface area contributed by atoms with Crippen molar-refractivity contribution in [2.75, 3.05) is 11.9 Å². The van der Waals surface area contributed by atoms with E-state index in [0.717, 1.165) is 30.3 Å². The topological polar surface area (TPSA) is 38.0 Å². The Morgan fingerprint density at radius 2 is 1.86 bits per heavy atom. The molecule has 0 heterocycles. The molecule has 1 spiro atoms. The van der Waals surface area contributed by atoms with Gasteiger partial charge in [0, 0.05) is 11.7 Å².